The van der Waals surface area contributed by atoms with Gasteiger partial charge in [-0.25, -0.2) is 0 Å². The molecule has 32 heavy (non-hydrogen) atoms. The van der Waals surface area contributed by atoms with Gasteiger partial charge in [0.15, 0.2) is 0 Å². The molecule has 0 amide bonds. The van der Waals surface area contributed by atoms with Crippen molar-refractivity contribution >= 4 is 17.6 Å². The van der Waals surface area contributed by atoms with Gasteiger partial charge in [0.05, 0.1) is 12.7 Å². The molecule has 168 valence electrons. The Morgan fingerprint density at radius 2 is 1.59 bits per heavy atom. The van der Waals surface area contributed by atoms with E-state index in [-0.39, 0.29) is 0 Å². The van der Waals surface area contributed by atoms with Crippen molar-refractivity contribution < 1.29 is 4.74 Å². The largest absolute Gasteiger partial charge is 0.497 e. The lowest BCUT2D eigenvalue weighted by atomic mass is 10.0. The van der Waals surface area contributed by atoms with Crippen LogP contribution in [0.1, 0.15) is 11.1 Å². The van der Waals surface area contributed by atoms with Crippen LogP contribution in [0.25, 0.3) is 11.1 Å². The number of aryl methyl sites for hydroxylation is 1. The molecule has 2 aromatic carbocycles. The number of rotatable bonds is 6. The van der Waals surface area contributed by atoms with E-state index in [1.165, 1.54) is 11.1 Å². The molecule has 0 spiro atoms. The second-order valence-electron chi connectivity index (χ2n) is 8.48. The highest BCUT2D eigenvalue weighted by atomic mass is 16.5. The number of hydrogen-bond acceptors (Lipinski definition) is 7. The lowest BCUT2D eigenvalue weighted by Gasteiger charge is -2.35. The zero-order valence-electron chi connectivity index (χ0n) is 19.4. The first-order valence-corrected chi connectivity index (χ1v) is 11.0. The van der Waals surface area contributed by atoms with Gasteiger partial charge >= 0.3 is 0 Å². The number of hydrogen-bond donors (Lipinski definition) is 1. The Kier molecular flexibility index (Phi) is 6.46. The Bertz CT molecular complexity index is 1040. The van der Waals surface area contributed by atoms with Crippen molar-refractivity contribution in [2.75, 3.05) is 62.9 Å². The minimum Gasteiger partial charge on any atom is -0.497 e. The van der Waals surface area contributed by atoms with Crippen molar-refractivity contribution in [1.29, 1.82) is 0 Å². The molecule has 0 unspecified atom stereocenters. The number of nitrogens with two attached hydrogens (primary N) is 1. The number of nitrogen functional groups attached to an aromatic ring is 1. The molecule has 7 heteroatoms. The molecule has 1 saturated heterocycles. The molecule has 2 heterocycles. The van der Waals surface area contributed by atoms with Crippen LogP contribution in [-0.4, -0.2) is 62.3 Å². The van der Waals surface area contributed by atoms with Crippen LogP contribution in [0.3, 0.4) is 0 Å². The first-order valence-electron chi connectivity index (χ1n) is 11.0. The quantitative estimate of drug-likeness (QED) is 0.640. The molecule has 0 atom stereocenters. The van der Waals surface area contributed by atoms with Gasteiger partial charge in [0.2, 0.25) is 5.95 Å². The zero-order chi connectivity index (χ0) is 22.7. The van der Waals surface area contributed by atoms with E-state index in [4.69, 9.17) is 20.4 Å². The molecule has 1 aliphatic rings. The molecule has 3 aromatic rings. The van der Waals surface area contributed by atoms with Crippen LogP contribution in [0, 0.1) is 6.92 Å². The second kappa shape index (κ2) is 9.44. The Morgan fingerprint density at radius 3 is 2.19 bits per heavy atom. The van der Waals surface area contributed by atoms with Gasteiger partial charge < -0.3 is 20.3 Å². The zero-order valence-corrected chi connectivity index (χ0v) is 19.4. The molecule has 7 nitrogen and oxygen atoms in total. The summed E-state index contributed by atoms with van der Waals surface area (Å²) < 4.78 is 5.25. The summed E-state index contributed by atoms with van der Waals surface area (Å²) >= 11 is 0. The molecular formula is C25H32N6O. The third-order valence-electron chi connectivity index (χ3n) is 5.89. The Labute approximate surface area is 190 Å². The Hall–Kier alpha value is -3.32. The lowest BCUT2D eigenvalue weighted by Crippen LogP contribution is -2.46. The van der Waals surface area contributed by atoms with Crippen LogP contribution in [0.5, 0.6) is 5.75 Å². The fourth-order valence-electron chi connectivity index (χ4n) is 4.01. The maximum absolute atomic E-state index is 6.46. The summed E-state index contributed by atoms with van der Waals surface area (Å²) in [6.07, 6.45) is 0. The summed E-state index contributed by atoms with van der Waals surface area (Å²) in [5.74, 6) is 2.95. The maximum Gasteiger partial charge on any atom is 0.229 e. The van der Waals surface area contributed by atoms with Gasteiger partial charge in [-0.3, -0.25) is 4.90 Å². The number of anilines is 3. The predicted octanol–water partition coefficient (Wildman–Crippen LogP) is 3.43. The number of piperazine rings is 1. The van der Waals surface area contributed by atoms with Crippen LogP contribution in [-0.2, 0) is 6.54 Å². The molecule has 1 fully saturated rings. The van der Waals surface area contributed by atoms with E-state index in [0.29, 0.717) is 11.8 Å². The first kappa shape index (κ1) is 21.9. The molecule has 0 radical (unpaired) electrons. The number of nitrogens with zero attached hydrogens (tertiary/aromatic N) is 5. The van der Waals surface area contributed by atoms with Crippen LogP contribution < -0.4 is 20.3 Å². The molecule has 0 saturated carbocycles. The summed E-state index contributed by atoms with van der Waals surface area (Å²) in [6.45, 7) is 6.64. The molecule has 4 rings (SSSR count). The highest BCUT2D eigenvalue weighted by Crippen LogP contribution is 2.34. The molecule has 1 aliphatic heterocycles. The highest BCUT2D eigenvalue weighted by Gasteiger charge is 2.23. The second-order valence-corrected chi connectivity index (χ2v) is 8.48. The predicted molar refractivity (Wildman–Crippen MR) is 131 cm³/mol. The molecule has 1 aromatic heterocycles. The third-order valence-corrected chi connectivity index (χ3v) is 5.89. The standard InChI is InChI=1S/C25H32N6O/c1-18-5-9-20(10-6-18)22-23(26)27-25(28-24(22)29(2)3)31-15-13-30(14-16-31)17-19-7-11-21(32-4)12-8-19/h5-12H,13-17H2,1-4H3,(H2,26,27,28). The van der Waals surface area contributed by atoms with Gasteiger partial charge in [-0.1, -0.05) is 42.0 Å². The van der Waals surface area contributed by atoms with Gasteiger partial charge in [-0.15, -0.1) is 0 Å². The van der Waals surface area contributed by atoms with Crippen molar-refractivity contribution in [2.45, 2.75) is 13.5 Å². The van der Waals surface area contributed by atoms with E-state index in [0.717, 1.165) is 55.4 Å². The number of ether oxygens (including phenoxy) is 1. The normalized spacial score (nSPS) is 14.4. The topological polar surface area (TPSA) is 70.8 Å². The first-order chi connectivity index (χ1) is 15.4. The minimum absolute atomic E-state index is 0.517. The Balaban J connectivity index is 1.49. The van der Waals surface area contributed by atoms with E-state index < -0.39 is 0 Å². The number of aromatic nitrogens is 2. The third kappa shape index (κ3) is 4.78. The monoisotopic (exact) mass is 432 g/mol. The van der Waals surface area contributed by atoms with E-state index in [1.54, 1.807) is 7.11 Å². The van der Waals surface area contributed by atoms with Crippen molar-refractivity contribution in [3.8, 4) is 16.9 Å². The summed E-state index contributed by atoms with van der Waals surface area (Å²) in [4.78, 5) is 16.3. The summed E-state index contributed by atoms with van der Waals surface area (Å²) in [5.41, 5.74) is 10.9. The fourth-order valence-corrected chi connectivity index (χ4v) is 4.01. The van der Waals surface area contributed by atoms with Crippen molar-refractivity contribution in [3.63, 3.8) is 0 Å². The van der Waals surface area contributed by atoms with E-state index >= 15 is 0 Å². The van der Waals surface area contributed by atoms with Gasteiger partial charge in [0, 0.05) is 46.8 Å². The SMILES string of the molecule is COc1ccc(CN2CCN(c3nc(N)c(-c4ccc(C)cc4)c(N(C)C)n3)CC2)cc1. The molecule has 0 bridgehead atoms. The van der Waals surface area contributed by atoms with Crippen LogP contribution in [0.2, 0.25) is 0 Å². The van der Waals surface area contributed by atoms with Crippen molar-refractivity contribution in [2.24, 2.45) is 0 Å². The van der Waals surface area contributed by atoms with Crippen LogP contribution >= 0.6 is 0 Å². The summed E-state index contributed by atoms with van der Waals surface area (Å²) in [6, 6.07) is 16.6. The number of benzene rings is 2. The van der Waals surface area contributed by atoms with E-state index in [9.17, 15) is 0 Å². The minimum atomic E-state index is 0.517. The van der Waals surface area contributed by atoms with Gasteiger partial charge in [0.1, 0.15) is 17.4 Å². The van der Waals surface area contributed by atoms with Crippen LogP contribution in [0.15, 0.2) is 48.5 Å². The smallest absolute Gasteiger partial charge is 0.229 e. The Morgan fingerprint density at radius 1 is 0.938 bits per heavy atom. The maximum atomic E-state index is 6.46. The summed E-state index contributed by atoms with van der Waals surface area (Å²) in [5, 5.41) is 0. The van der Waals surface area contributed by atoms with E-state index in [2.05, 4.69) is 53.1 Å². The fraction of sp³-hybridized carbons (Fsp3) is 0.360. The van der Waals surface area contributed by atoms with Gasteiger partial charge in [-0.2, -0.15) is 9.97 Å². The average molecular weight is 433 g/mol. The molecule has 0 aliphatic carbocycles. The van der Waals surface area contributed by atoms with Crippen LogP contribution in [0.4, 0.5) is 17.6 Å². The van der Waals surface area contributed by atoms with Crippen molar-refractivity contribution in [3.05, 3.63) is 59.7 Å². The van der Waals surface area contributed by atoms with E-state index in [1.807, 2.05) is 31.1 Å². The van der Waals surface area contributed by atoms with Gasteiger partial charge in [-0.05, 0) is 30.2 Å². The highest BCUT2D eigenvalue weighted by molar-refractivity contribution is 5.85. The number of methoxy groups -OCH3 is 1. The summed E-state index contributed by atoms with van der Waals surface area (Å²) in [7, 11) is 5.68. The average Bonchev–Trinajstić information content (AvgIpc) is 2.80. The van der Waals surface area contributed by atoms with Gasteiger partial charge in [0.25, 0.3) is 0 Å². The lowest BCUT2D eigenvalue weighted by molar-refractivity contribution is 0.248. The van der Waals surface area contributed by atoms with Crippen molar-refractivity contribution in [1.82, 2.24) is 14.9 Å². The molecular weight excluding hydrogens is 400 g/mol. The molecule has 2 N–H and O–H groups in total.